The predicted molar refractivity (Wildman–Crippen MR) is 112 cm³/mol. The number of likely N-dealkylation sites (tertiary alicyclic amines) is 1. The van der Waals surface area contributed by atoms with Crippen molar-refractivity contribution in [2.24, 2.45) is 23.7 Å². The van der Waals surface area contributed by atoms with Crippen LogP contribution >= 0.6 is 0 Å². The normalized spacial score (nSPS) is 39.9. The van der Waals surface area contributed by atoms with Gasteiger partial charge in [-0.2, -0.15) is 0 Å². The van der Waals surface area contributed by atoms with Gasteiger partial charge in [0, 0.05) is 32.3 Å². The van der Waals surface area contributed by atoms with Gasteiger partial charge in [-0.3, -0.25) is 10.2 Å². The third kappa shape index (κ3) is 4.74. The molecule has 0 amide bonds. The molecule has 1 aliphatic carbocycles. The molecule has 0 aromatic rings. The molecule has 0 aromatic heterocycles. The zero-order chi connectivity index (χ0) is 19.3. The van der Waals surface area contributed by atoms with Gasteiger partial charge in [-0.05, 0) is 82.8 Å². The lowest BCUT2D eigenvalue weighted by Gasteiger charge is -2.51. The highest BCUT2D eigenvalue weighted by molar-refractivity contribution is 5.12. The van der Waals surface area contributed by atoms with Gasteiger partial charge in [0.2, 0.25) is 0 Å². The fourth-order valence-electron chi connectivity index (χ4n) is 6.16. The molecular formula is C23H39N3O2. The maximum absolute atomic E-state index is 5.98. The third-order valence-electron chi connectivity index (χ3n) is 7.76. The van der Waals surface area contributed by atoms with Crippen LogP contribution in [-0.4, -0.2) is 70.2 Å². The molecule has 0 radical (unpaired) electrons. The number of methoxy groups -OCH3 is 1. The first-order chi connectivity index (χ1) is 13.8. The van der Waals surface area contributed by atoms with Gasteiger partial charge in [0.1, 0.15) is 0 Å². The van der Waals surface area contributed by atoms with Crippen LogP contribution in [-0.2, 0) is 9.47 Å². The van der Waals surface area contributed by atoms with Gasteiger partial charge in [0.05, 0.1) is 18.8 Å². The highest BCUT2D eigenvalue weighted by Gasteiger charge is 2.46. The molecule has 0 spiro atoms. The minimum absolute atomic E-state index is 0.280. The zero-order valence-corrected chi connectivity index (χ0v) is 17.8. The molecule has 5 heteroatoms. The molecule has 4 rings (SSSR count). The monoisotopic (exact) mass is 389 g/mol. The average molecular weight is 390 g/mol. The van der Waals surface area contributed by atoms with Crippen LogP contribution in [0.1, 0.15) is 44.9 Å². The van der Waals surface area contributed by atoms with Crippen molar-refractivity contribution in [2.45, 2.75) is 63.3 Å². The maximum Gasteiger partial charge on any atom is 0.0712 e. The second-order valence-corrected chi connectivity index (χ2v) is 9.28. The van der Waals surface area contributed by atoms with Crippen molar-refractivity contribution in [2.75, 3.05) is 47.0 Å². The summed E-state index contributed by atoms with van der Waals surface area (Å²) in [7, 11) is 3.98. The van der Waals surface area contributed by atoms with Crippen LogP contribution in [0.25, 0.3) is 0 Å². The lowest BCUT2D eigenvalue weighted by atomic mass is 9.63. The first-order valence-corrected chi connectivity index (χ1v) is 11.5. The van der Waals surface area contributed by atoms with Crippen LogP contribution in [0.4, 0.5) is 0 Å². The number of rotatable bonds is 4. The Balaban J connectivity index is 1.44. The van der Waals surface area contributed by atoms with E-state index in [0.717, 1.165) is 44.4 Å². The molecule has 6 atom stereocenters. The van der Waals surface area contributed by atoms with Gasteiger partial charge >= 0.3 is 0 Å². The highest BCUT2D eigenvalue weighted by Crippen LogP contribution is 2.44. The Morgan fingerprint density at radius 1 is 1.11 bits per heavy atom. The molecule has 5 nitrogen and oxygen atoms in total. The van der Waals surface area contributed by atoms with E-state index < -0.39 is 0 Å². The molecule has 0 aromatic carbocycles. The van der Waals surface area contributed by atoms with Crippen molar-refractivity contribution in [3.8, 4) is 11.8 Å². The van der Waals surface area contributed by atoms with Crippen LogP contribution in [0, 0.1) is 35.5 Å². The van der Waals surface area contributed by atoms with Gasteiger partial charge in [-0.25, -0.2) is 0 Å². The maximum atomic E-state index is 5.98. The summed E-state index contributed by atoms with van der Waals surface area (Å²) in [6.45, 7) is 5.24. The SMILES string of the molecule is CNC1CC(C2CCOCC2)C2CC(OC)C(C#CCN3CCCC3)CC2N1. The standard InChI is InChI=1S/C23H39N3O2/c1-24-23-16-19(17-7-12-28-13-8-17)20-15-22(27-2)18(14-21(20)25-23)6-5-11-26-9-3-4-10-26/h17-25H,3-4,7-16H2,1-2H3. The minimum atomic E-state index is 0.280. The number of hydrogen-bond donors (Lipinski definition) is 2. The van der Waals surface area contributed by atoms with Gasteiger partial charge < -0.3 is 14.8 Å². The fraction of sp³-hybridized carbons (Fsp3) is 0.913. The highest BCUT2D eigenvalue weighted by atomic mass is 16.5. The van der Waals surface area contributed by atoms with E-state index in [1.165, 1.54) is 45.2 Å². The number of nitrogens with one attached hydrogen (secondary N) is 2. The molecule has 1 saturated carbocycles. The molecular weight excluding hydrogens is 350 g/mol. The van der Waals surface area contributed by atoms with E-state index >= 15 is 0 Å². The van der Waals surface area contributed by atoms with E-state index in [0.29, 0.717) is 24.0 Å². The molecule has 158 valence electrons. The first kappa shape index (κ1) is 20.6. The quantitative estimate of drug-likeness (QED) is 0.721. The number of fused-ring (bicyclic) bond motifs is 1. The van der Waals surface area contributed by atoms with Crippen molar-refractivity contribution in [3.63, 3.8) is 0 Å². The van der Waals surface area contributed by atoms with E-state index in [2.05, 4.69) is 34.4 Å². The summed E-state index contributed by atoms with van der Waals surface area (Å²) in [5.74, 6) is 9.73. The molecule has 28 heavy (non-hydrogen) atoms. The van der Waals surface area contributed by atoms with Gasteiger partial charge in [0.15, 0.2) is 0 Å². The molecule has 3 saturated heterocycles. The zero-order valence-electron chi connectivity index (χ0n) is 17.8. The number of nitrogens with zero attached hydrogens (tertiary/aromatic N) is 1. The van der Waals surface area contributed by atoms with Gasteiger partial charge in [-0.1, -0.05) is 11.8 Å². The van der Waals surface area contributed by atoms with Crippen LogP contribution in [0.15, 0.2) is 0 Å². The van der Waals surface area contributed by atoms with E-state index in [-0.39, 0.29) is 6.10 Å². The number of hydrogen-bond acceptors (Lipinski definition) is 5. The largest absolute Gasteiger partial charge is 0.381 e. The fourth-order valence-corrected chi connectivity index (χ4v) is 6.16. The number of ether oxygens (including phenoxy) is 2. The summed E-state index contributed by atoms with van der Waals surface area (Å²) in [6, 6.07) is 0.552. The Morgan fingerprint density at radius 3 is 2.61 bits per heavy atom. The van der Waals surface area contributed by atoms with Gasteiger partial charge in [0.25, 0.3) is 0 Å². The first-order valence-electron chi connectivity index (χ1n) is 11.5. The Morgan fingerprint density at radius 2 is 1.89 bits per heavy atom. The Hall–Kier alpha value is -0.640. The smallest absolute Gasteiger partial charge is 0.0712 e. The van der Waals surface area contributed by atoms with Crippen LogP contribution < -0.4 is 10.6 Å². The van der Waals surface area contributed by atoms with Crippen molar-refractivity contribution in [1.82, 2.24) is 15.5 Å². The van der Waals surface area contributed by atoms with Crippen LogP contribution in [0.2, 0.25) is 0 Å². The van der Waals surface area contributed by atoms with Crippen molar-refractivity contribution in [1.29, 1.82) is 0 Å². The molecule has 4 fully saturated rings. The van der Waals surface area contributed by atoms with Crippen LogP contribution in [0.3, 0.4) is 0 Å². The lowest BCUT2D eigenvalue weighted by Crippen LogP contribution is -2.61. The summed E-state index contributed by atoms with van der Waals surface area (Å²) in [6.07, 6.45) is 9.31. The van der Waals surface area contributed by atoms with Crippen molar-refractivity contribution >= 4 is 0 Å². The molecule has 4 aliphatic rings. The van der Waals surface area contributed by atoms with Crippen molar-refractivity contribution in [3.05, 3.63) is 0 Å². The molecule has 3 aliphatic heterocycles. The minimum Gasteiger partial charge on any atom is -0.381 e. The van der Waals surface area contributed by atoms with E-state index in [1.54, 1.807) is 0 Å². The molecule has 2 N–H and O–H groups in total. The molecule has 3 heterocycles. The van der Waals surface area contributed by atoms with Gasteiger partial charge in [-0.15, -0.1) is 0 Å². The predicted octanol–water partition coefficient (Wildman–Crippen LogP) is 2.08. The summed E-state index contributed by atoms with van der Waals surface area (Å²) >= 11 is 0. The average Bonchev–Trinajstić information content (AvgIpc) is 3.26. The van der Waals surface area contributed by atoms with E-state index in [4.69, 9.17) is 9.47 Å². The second-order valence-electron chi connectivity index (χ2n) is 9.28. The molecule has 0 bridgehead atoms. The summed E-state index contributed by atoms with van der Waals surface area (Å²) in [5.41, 5.74) is 0. The Bertz CT molecular complexity index is 548. The lowest BCUT2D eigenvalue weighted by molar-refractivity contribution is -0.0507. The number of piperidine rings is 1. The van der Waals surface area contributed by atoms with E-state index in [1.807, 2.05) is 7.11 Å². The summed E-state index contributed by atoms with van der Waals surface area (Å²) in [5, 5.41) is 7.41. The van der Waals surface area contributed by atoms with E-state index in [9.17, 15) is 0 Å². The summed E-state index contributed by atoms with van der Waals surface area (Å²) in [4.78, 5) is 2.48. The topological polar surface area (TPSA) is 45.8 Å². The molecule has 6 unspecified atom stereocenters. The summed E-state index contributed by atoms with van der Waals surface area (Å²) < 4.78 is 11.6. The third-order valence-corrected chi connectivity index (χ3v) is 7.76. The Labute approximate surface area is 171 Å². The Kier molecular flexibility index (Phi) is 7.30. The van der Waals surface area contributed by atoms with Crippen molar-refractivity contribution < 1.29 is 9.47 Å². The van der Waals surface area contributed by atoms with Crippen LogP contribution in [0.5, 0.6) is 0 Å². The second kappa shape index (κ2) is 9.91.